The SMILES string of the molecule is COC(=O)C1=C(N)Oc2n[nH]c(C)c2C1c1ccc(O)cc1. The highest BCUT2D eigenvalue weighted by Crippen LogP contribution is 2.43. The third-order valence-electron chi connectivity index (χ3n) is 3.64. The van der Waals surface area contributed by atoms with E-state index in [1.165, 1.54) is 7.11 Å². The van der Waals surface area contributed by atoms with Crippen LogP contribution in [-0.4, -0.2) is 28.4 Å². The van der Waals surface area contributed by atoms with Gasteiger partial charge in [0.05, 0.1) is 13.0 Å². The maximum Gasteiger partial charge on any atom is 0.340 e. The second kappa shape index (κ2) is 5.10. The Bertz CT molecular complexity index is 762. The average Bonchev–Trinajstić information content (AvgIpc) is 2.87. The van der Waals surface area contributed by atoms with Crippen molar-refractivity contribution < 1.29 is 19.4 Å². The van der Waals surface area contributed by atoms with Crippen LogP contribution in [-0.2, 0) is 9.53 Å². The second-order valence-electron chi connectivity index (χ2n) is 4.96. The fraction of sp³-hybridized carbons (Fsp3) is 0.200. The lowest BCUT2D eigenvalue weighted by Crippen LogP contribution is -2.26. The number of H-pyrrole nitrogens is 1. The first kappa shape index (κ1) is 14.0. The molecule has 22 heavy (non-hydrogen) atoms. The number of nitrogens with two attached hydrogens (primary N) is 1. The number of aromatic hydroxyl groups is 1. The lowest BCUT2D eigenvalue weighted by Gasteiger charge is -2.25. The first-order valence-corrected chi connectivity index (χ1v) is 6.62. The summed E-state index contributed by atoms with van der Waals surface area (Å²) in [7, 11) is 1.29. The summed E-state index contributed by atoms with van der Waals surface area (Å²) < 4.78 is 10.3. The van der Waals surface area contributed by atoms with Gasteiger partial charge in [0.15, 0.2) is 0 Å². The van der Waals surface area contributed by atoms with Gasteiger partial charge in [0.25, 0.3) is 0 Å². The minimum absolute atomic E-state index is 0.0380. The summed E-state index contributed by atoms with van der Waals surface area (Å²) in [6.07, 6.45) is 0. The molecule has 7 heteroatoms. The van der Waals surface area contributed by atoms with Gasteiger partial charge in [-0.25, -0.2) is 4.79 Å². The maximum atomic E-state index is 12.2. The van der Waals surface area contributed by atoms with Crippen molar-refractivity contribution in [2.24, 2.45) is 5.73 Å². The molecule has 7 nitrogen and oxygen atoms in total. The molecular weight excluding hydrogens is 286 g/mol. The Balaban J connectivity index is 2.22. The standard InChI is InChI=1S/C15H15N3O4/c1-7-10-11(8-3-5-9(19)6-4-8)12(15(20)21-2)13(16)22-14(10)18-17-7/h3-6,11,19H,16H2,1-2H3,(H,17,18). The van der Waals surface area contributed by atoms with Crippen molar-refractivity contribution in [2.45, 2.75) is 12.8 Å². The zero-order valence-corrected chi connectivity index (χ0v) is 12.1. The Labute approximate surface area is 126 Å². The van der Waals surface area contributed by atoms with Crippen molar-refractivity contribution in [1.29, 1.82) is 0 Å². The minimum Gasteiger partial charge on any atom is -0.508 e. The van der Waals surface area contributed by atoms with Gasteiger partial charge in [0, 0.05) is 11.3 Å². The number of carbonyl (C=O) groups is 1. The van der Waals surface area contributed by atoms with Crippen LogP contribution in [0.2, 0.25) is 0 Å². The van der Waals surface area contributed by atoms with Gasteiger partial charge in [-0.3, -0.25) is 5.10 Å². The number of methoxy groups -OCH3 is 1. The molecule has 0 saturated carbocycles. The first-order valence-electron chi connectivity index (χ1n) is 6.62. The molecule has 4 N–H and O–H groups in total. The summed E-state index contributed by atoms with van der Waals surface area (Å²) >= 11 is 0. The van der Waals surface area contributed by atoms with E-state index < -0.39 is 11.9 Å². The number of nitrogens with zero attached hydrogens (tertiary/aromatic N) is 1. The summed E-state index contributed by atoms with van der Waals surface area (Å²) in [5.74, 6) is -0.612. The molecule has 0 aliphatic carbocycles. The first-order chi connectivity index (χ1) is 10.5. The molecule has 0 bridgehead atoms. The highest BCUT2D eigenvalue weighted by molar-refractivity contribution is 5.92. The van der Waals surface area contributed by atoms with E-state index in [1.807, 2.05) is 6.92 Å². The fourth-order valence-electron chi connectivity index (χ4n) is 2.61. The van der Waals surface area contributed by atoms with Gasteiger partial charge in [0.1, 0.15) is 11.3 Å². The number of aromatic amines is 1. The Morgan fingerprint density at radius 3 is 2.73 bits per heavy atom. The normalized spacial score (nSPS) is 16.9. The number of rotatable bonds is 2. The number of aromatic nitrogens is 2. The molecule has 114 valence electrons. The summed E-state index contributed by atoms with van der Waals surface area (Å²) in [6.45, 7) is 1.83. The molecule has 1 unspecified atom stereocenters. The largest absolute Gasteiger partial charge is 0.508 e. The Kier molecular flexibility index (Phi) is 3.25. The number of benzene rings is 1. The minimum atomic E-state index is -0.568. The molecule has 2 heterocycles. The van der Waals surface area contributed by atoms with E-state index in [2.05, 4.69) is 10.2 Å². The topological polar surface area (TPSA) is 110 Å². The molecule has 1 aromatic heterocycles. The van der Waals surface area contributed by atoms with Crippen LogP contribution in [0.3, 0.4) is 0 Å². The lowest BCUT2D eigenvalue weighted by atomic mass is 9.83. The predicted molar refractivity (Wildman–Crippen MR) is 77.1 cm³/mol. The molecule has 0 fully saturated rings. The highest BCUT2D eigenvalue weighted by atomic mass is 16.5. The number of hydrogen-bond acceptors (Lipinski definition) is 6. The van der Waals surface area contributed by atoms with Gasteiger partial charge in [0.2, 0.25) is 11.8 Å². The van der Waals surface area contributed by atoms with Gasteiger partial charge in [-0.1, -0.05) is 12.1 Å². The van der Waals surface area contributed by atoms with Crippen LogP contribution in [0.1, 0.15) is 22.7 Å². The third kappa shape index (κ3) is 2.07. The van der Waals surface area contributed by atoms with E-state index in [1.54, 1.807) is 24.3 Å². The monoisotopic (exact) mass is 301 g/mol. The van der Waals surface area contributed by atoms with Crippen LogP contribution in [0.15, 0.2) is 35.7 Å². The van der Waals surface area contributed by atoms with E-state index in [4.69, 9.17) is 15.2 Å². The van der Waals surface area contributed by atoms with E-state index in [9.17, 15) is 9.90 Å². The molecule has 1 aliphatic rings. The molecular formula is C15H15N3O4. The number of ether oxygens (including phenoxy) is 2. The van der Waals surface area contributed by atoms with Gasteiger partial charge < -0.3 is 20.3 Å². The van der Waals surface area contributed by atoms with Crippen molar-refractivity contribution in [3.8, 4) is 11.6 Å². The summed E-state index contributed by atoms with van der Waals surface area (Å²) in [5.41, 5.74) is 8.37. The molecule has 0 radical (unpaired) electrons. The van der Waals surface area contributed by atoms with Crippen LogP contribution in [0.5, 0.6) is 11.6 Å². The van der Waals surface area contributed by atoms with E-state index in [-0.39, 0.29) is 17.2 Å². The van der Waals surface area contributed by atoms with Crippen LogP contribution in [0.25, 0.3) is 0 Å². The zero-order valence-electron chi connectivity index (χ0n) is 12.1. The number of nitrogens with one attached hydrogen (secondary N) is 1. The zero-order chi connectivity index (χ0) is 15.9. The number of esters is 1. The van der Waals surface area contributed by atoms with Crippen molar-refractivity contribution in [3.63, 3.8) is 0 Å². The van der Waals surface area contributed by atoms with E-state index >= 15 is 0 Å². The molecule has 0 spiro atoms. The van der Waals surface area contributed by atoms with Gasteiger partial charge in [-0.05, 0) is 24.6 Å². The maximum absolute atomic E-state index is 12.2. The number of phenols is 1. The van der Waals surface area contributed by atoms with Crippen LogP contribution < -0.4 is 10.5 Å². The summed E-state index contributed by atoms with van der Waals surface area (Å²) in [5, 5.41) is 16.4. The lowest BCUT2D eigenvalue weighted by molar-refractivity contribution is -0.136. The number of aryl methyl sites for hydroxylation is 1. The Hall–Kier alpha value is -2.96. The van der Waals surface area contributed by atoms with Gasteiger partial charge in [-0.2, -0.15) is 0 Å². The molecule has 1 aliphatic heterocycles. The van der Waals surface area contributed by atoms with Crippen LogP contribution >= 0.6 is 0 Å². The molecule has 2 aromatic rings. The number of carbonyl (C=O) groups excluding carboxylic acids is 1. The van der Waals surface area contributed by atoms with Crippen molar-refractivity contribution in [3.05, 3.63) is 52.5 Å². The molecule has 0 saturated heterocycles. The highest BCUT2D eigenvalue weighted by Gasteiger charge is 2.38. The van der Waals surface area contributed by atoms with E-state index in [0.29, 0.717) is 5.88 Å². The predicted octanol–water partition coefficient (Wildman–Crippen LogP) is 1.29. The third-order valence-corrected chi connectivity index (χ3v) is 3.64. The van der Waals surface area contributed by atoms with Gasteiger partial charge in [-0.15, -0.1) is 5.10 Å². The van der Waals surface area contributed by atoms with Crippen LogP contribution in [0.4, 0.5) is 0 Å². The summed E-state index contributed by atoms with van der Waals surface area (Å²) in [4.78, 5) is 12.2. The van der Waals surface area contributed by atoms with Crippen LogP contribution in [0, 0.1) is 6.92 Å². The quantitative estimate of drug-likeness (QED) is 0.721. The van der Waals surface area contributed by atoms with E-state index in [0.717, 1.165) is 16.8 Å². The number of hydrogen-bond donors (Lipinski definition) is 3. The Morgan fingerprint density at radius 2 is 2.09 bits per heavy atom. The number of fused-ring (bicyclic) bond motifs is 1. The smallest absolute Gasteiger partial charge is 0.340 e. The molecule has 0 amide bonds. The number of phenolic OH excluding ortho intramolecular Hbond substituents is 1. The Morgan fingerprint density at radius 1 is 1.41 bits per heavy atom. The van der Waals surface area contributed by atoms with Crippen molar-refractivity contribution in [2.75, 3.05) is 7.11 Å². The fourth-order valence-corrected chi connectivity index (χ4v) is 2.61. The molecule has 3 rings (SSSR count). The summed E-state index contributed by atoms with van der Waals surface area (Å²) in [6, 6.07) is 6.53. The molecule has 1 aromatic carbocycles. The van der Waals surface area contributed by atoms with Crippen molar-refractivity contribution in [1.82, 2.24) is 10.2 Å². The van der Waals surface area contributed by atoms with Gasteiger partial charge >= 0.3 is 5.97 Å². The van der Waals surface area contributed by atoms with Crippen molar-refractivity contribution >= 4 is 5.97 Å². The second-order valence-corrected chi connectivity index (χ2v) is 4.96. The molecule has 1 atom stereocenters. The average molecular weight is 301 g/mol.